The SMILES string of the molecule is Cc1cc(C[C@@H](CC(=O)N2CCC(C3=Cc4ccccc4CC3=O)CC2)C(=O)N2CCN(C3CCN(C)CC3)CC2)cc2cnn(COC(=O)C3(c4ccccc4)CCCCC3)c12. The van der Waals surface area contributed by atoms with Gasteiger partial charge in [-0.3, -0.25) is 24.1 Å². The molecule has 11 heteroatoms. The Morgan fingerprint density at radius 1 is 0.825 bits per heavy atom. The molecule has 1 aromatic heterocycles. The van der Waals surface area contributed by atoms with Gasteiger partial charge in [-0.25, -0.2) is 4.68 Å². The van der Waals surface area contributed by atoms with Crippen molar-refractivity contribution in [2.75, 3.05) is 59.4 Å². The number of nitrogens with zero attached hydrogens (tertiary/aromatic N) is 6. The summed E-state index contributed by atoms with van der Waals surface area (Å²) in [6.45, 7) is 8.48. The maximum Gasteiger partial charge on any atom is 0.318 e. The number of hydrogen-bond acceptors (Lipinski definition) is 8. The highest BCUT2D eigenvalue weighted by Gasteiger charge is 2.43. The number of aryl methyl sites for hydroxylation is 1. The molecule has 2 aliphatic carbocycles. The topological polar surface area (TPSA) is 108 Å². The van der Waals surface area contributed by atoms with Crippen LogP contribution in [0.4, 0.5) is 0 Å². The summed E-state index contributed by atoms with van der Waals surface area (Å²) in [5.74, 6) is -0.335. The molecule has 0 N–H and O–H groups in total. The molecule has 2 amide bonds. The second-order valence-electron chi connectivity index (χ2n) is 19.1. The lowest BCUT2D eigenvalue weighted by molar-refractivity contribution is -0.156. The smallest absolute Gasteiger partial charge is 0.318 e. The number of esters is 1. The van der Waals surface area contributed by atoms with E-state index < -0.39 is 11.3 Å². The number of rotatable bonds is 11. The first kappa shape index (κ1) is 43.1. The van der Waals surface area contributed by atoms with Gasteiger partial charge < -0.3 is 19.4 Å². The molecule has 1 atom stereocenters. The minimum Gasteiger partial charge on any atom is -0.442 e. The van der Waals surface area contributed by atoms with Crippen LogP contribution in [-0.2, 0) is 48.9 Å². The number of amides is 2. The van der Waals surface area contributed by atoms with E-state index in [4.69, 9.17) is 4.74 Å². The van der Waals surface area contributed by atoms with Crippen LogP contribution >= 0.6 is 0 Å². The molecular formula is C52H64N6O5. The number of carbonyl (C=O) groups is 4. The van der Waals surface area contributed by atoms with Gasteiger partial charge in [-0.15, -0.1) is 0 Å². The zero-order valence-electron chi connectivity index (χ0n) is 37.3. The molecule has 0 radical (unpaired) electrons. The van der Waals surface area contributed by atoms with E-state index >= 15 is 0 Å². The number of aromatic nitrogens is 2. The van der Waals surface area contributed by atoms with E-state index in [-0.39, 0.29) is 42.6 Å². The van der Waals surface area contributed by atoms with Crippen molar-refractivity contribution >= 4 is 40.5 Å². The van der Waals surface area contributed by atoms with Crippen molar-refractivity contribution in [1.29, 1.82) is 0 Å². The Balaban J connectivity index is 0.891. The minimum atomic E-state index is -0.641. The Kier molecular flexibility index (Phi) is 13.0. The first-order valence-electron chi connectivity index (χ1n) is 23.6. The Morgan fingerprint density at radius 2 is 1.54 bits per heavy atom. The maximum absolute atomic E-state index is 14.6. The number of piperidine rings is 2. The normalized spacial score (nSPS) is 20.9. The zero-order valence-corrected chi connectivity index (χ0v) is 37.3. The lowest BCUT2D eigenvalue weighted by Crippen LogP contribution is -2.55. The maximum atomic E-state index is 14.6. The summed E-state index contributed by atoms with van der Waals surface area (Å²) < 4.78 is 7.86. The van der Waals surface area contributed by atoms with Gasteiger partial charge in [0.05, 0.1) is 23.0 Å². The van der Waals surface area contributed by atoms with Crippen LogP contribution in [0.3, 0.4) is 0 Å². The Hall–Kier alpha value is -5.13. The van der Waals surface area contributed by atoms with Crippen molar-refractivity contribution in [1.82, 2.24) is 29.4 Å². The largest absolute Gasteiger partial charge is 0.442 e. The van der Waals surface area contributed by atoms with Gasteiger partial charge in [0.15, 0.2) is 12.5 Å². The van der Waals surface area contributed by atoms with Crippen LogP contribution in [0.1, 0.15) is 92.0 Å². The molecule has 63 heavy (non-hydrogen) atoms. The molecule has 9 rings (SSSR count). The van der Waals surface area contributed by atoms with Gasteiger partial charge >= 0.3 is 5.97 Å². The van der Waals surface area contributed by atoms with Gasteiger partial charge in [0, 0.05) is 63.5 Å². The summed E-state index contributed by atoms with van der Waals surface area (Å²) in [5.41, 5.74) is 6.33. The summed E-state index contributed by atoms with van der Waals surface area (Å²) in [7, 11) is 2.19. The number of likely N-dealkylation sites (tertiary alicyclic amines) is 2. The lowest BCUT2D eigenvalue weighted by Gasteiger charge is -2.43. The number of fused-ring (bicyclic) bond motifs is 2. The quantitative estimate of drug-likeness (QED) is 0.149. The molecule has 3 aromatic carbocycles. The van der Waals surface area contributed by atoms with Gasteiger partial charge in [0.25, 0.3) is 0 Å². The summed E-state index contributed by atoms with van der Waals surface area (Å²) >= 11 is 0. The fourth-order valence-electron chi connectivity index (χ4n) is 11.5. The van der Waals surface area contributed by atoms with Crippen molar-refractivity contribution in [3.05, 3.63) is 106 Å². The monoisotopic (exact) mass is 852 g/mol. The van der Waals surface area contributed by atoms with E-state index in [0.717, 1.165) is 128 Å². The van der Waals surface area contributed by atoms with Crippen molar-refractivity contribution in [3.63, 3.8) is 0 Å². The van der Waals surface area contributed by atoms with Crippen LogP contribution in [0.15, 0.2) is 78.5 Å². The van der Waals surface area contributed by atoms with Crippen LogP contribution in [0.2, 0.25) is 0 Å². The van der Waals surface area contributed by atoms with E-state index in [1.807, 2.05) is 71.5 Å². The Bertz CT molecular complexity index is 2320. The molecular weight excluding hydrogens is 789 g/mol. The van der Waals surface area contributed by atoms with Crippen LogP contribution < -0.4 is 0 Å². The van der Waals surface area contributed by atoms with Gasteiger partial charge in [0.2, 0.25) is 11.8 Å². The molecule has 3 aliphatic heterocycles. The Labute approximate surface area is 372 Å². The number of ether oxygens (including phenoxy) is 1. The first-order valence-corrected chi connectivity index (χ1v) is 23.6. The van der Waals surface area contributed by atoms with Crippen molar-refractivity contribution in [3.8, 4) is 0 Å². The average Bonchev–Trinajstić information content (AvgIpc) is 3.74. The standard InChI is InChI=1S/C52H64N6O5/c1-37-29-38(31-43-35-53-58(49(37)43)36-63-51(62)52(19-9-4-10-20-52)44-13-5-3-6-14-44)30-42(50(61)57-27-25-55(26-28-57)45-17-21-54(2)22-18-45)34-48(60)56-23-15-39(16-24-56)46-32-40-11-7-8-12-41(40)33-47(46)59/h3,5-8,11-14,29,31-32,35,39,42,45H,4,9-10,15-28,30,33-34,36H2,1-2H3/t42-/m0/s1. The van der Waals surface area contributed by atoms with Crippen molar-refractivity contribution in [2.45, 2.75) is 102 Å². The molecule has 332 valence electrons. The highest BCUT2D eigenvalue weighted by atomic mass is 16.5. The fraction of sp³-hybridized carbons (Fsp3) is 0.519. The molecule has 5 aliphatic rings. The number of carbonyl (C=O) groups excluding carboxylic acids is 4. The van der Waals surface area contributed by atoms with Crippen LogP contribution in [0.5, 0.6) is 0 Å². The second kappa shape index (κ2) is 18.9. The molecule has 11 nitrogen and oxygen atoms in total. The molecule has 4 fully saturated rings. The molecule has 0 bridgehead atoms. The molecule has 4 aromatic rings. The predicted octanol–water partition coefficient (Wildman–Crippen LogP) is 6.98. The van der Waals surface area contributed by atoms with Crippen molar-refractivity contribution in [2.24, 2.45) is 11.8 Å². The fourth-order valence-corrected chi connectivity index (χ4v) is 11.5. The van der Waals surface area contributed by atoms with E-state index in [9.17, 15) is 19.2 Å². The molecule has 1 saturated carbocycles. The number of benzene rings is 3. The number of Topliss-reactive ketones (excluding diaryl/α,β-unsaturated/α-hetero) is 1. The number of piperazine rings is 1. The number of ketones is 1. The third-order valence-electron chi connectivity index (χ3n) is 15.1. The predicted molar refractivity (Wildman–Crippen MR) is 245 cm³/mol. The summed E-state index contributed by atoms with van der Waals surface area (Å²) in [6.07, 6.45) is 13.4. The minimum absolute atomic E-state index is 0.00438. The average molecular weight is 853 g/mol. The molecule has 4 heterocycles. The van der Waals surface area contributed by atoms with Gasteiger partial charge in [-0.2, -0.15) is 5.10 Å². The second-order valence-corrected chi connectivity index (χ2v) is 19.1. The van der Waals surface area contributed by atoms with Gasteiger partial charge in [0.1, 0.15) is 0 Å². The van der Waals surface area contributed by atoms with Crippen LogP contribution in [-0.4, -0.2) is 118 Å². The highest BCUT2D eigenvalue weighted by molar-refractivity contribution is 6.04. The summed E-state index contributed by atoms with van der Waals surface area (Å²) in [6, 6.07) is 22.9. The first-order chi connectivity index (χ1) is 30.6. The third kappa shape index (κ3) is 9.27. The van der Waals surface area contributed by atoms with E-state index in [1.165, 1.54) is 0 Å². The molecule has 0 unspecified atom stereocenters. The number of hydrogen-bond donors (Lipinski definition) is 0. The van der Waals surface area contributed by atoms with Crippen LogP contribution in [0.25, 0.3) is 17.0 Å². The van der Waals surface area contributed by atoms with Crippen LogP contribution in [0, 0.1) is 18.8 Å². The highest BCUT2D eigenvalue weighted by Crippen LogP contribution is 2.41. The number of allylic oxidation sites excluding steroid dienone is 1. The summed E-state index contributed by atoms with van der Waals surface area (Å²) in [4.78, 5) is 64.8. The van der Waals surface area contributed by atoms with E-state index in [0.29, 0.717) is 45.1 Å². The third-order valence-corrected chi connectivity index (χ3v) is 15.1. The van der Waals surface area contributed by atoms with Gasteiger partial charge in [-0.05, 0) is 123 Å². The lowest BCUT2D eigenvalue weighted by atomic mass is 9.69. The zero-order chi connectivity index (χ0) is 43.5. The molecule has 0 spiro atoms. The van der Waals surface area contributed by atoms with Crippen molar-refractivity contribution < 1.29 is 23.9 Å². The Morgan fingerprint density at radius 3 is 2.29 bits per heavy atom. The van der Waals surface area contributed by atoms with E-state index in [1.54, 1.807) is 4.68 Å². The summed E-state index contributed by atoms with van der Waals surface area (Å²) in [5, 5.41) is 5.60. The van der Waals surface area contributed by atoms with E-state index in [2.05, 4.69) is 46.2 Å². The van der Waals surface area contributed by atoms with Gasteiger partial charge in [-0.1, -0.05) is 79.9 Å². The molecule has 3 saturated heterocycles.